The molecule has 0 saturated heterocycles. The zero-order valence-corrected chi connectivity index (χ0v) is 37.8. The molecule has 4 saturated carbocycles. The maximum Gasteiger partial charge on any atom is 0.411 e. The second-order valence-electron chi connectivity index (χ2n) is 18.6. The van der Waals surface area contributed by atoms with Crippen LogP contribution in [0.5, 0.6) is 0 Å². The Bertz CT molecular complexity index is 2460. The summed E-state index contributed by atoms with van der Waals surface area (Å²) in [5.41, 5.74) is -1.13. The molecule has 11 atom stereocenters. The standard InChI is InChI=1S/C45H54N6O14S/c1-26(5-20-40(52)63-4)35-18-19-36-41-37(25-39(45(35,36)3)65-43(54)47-29-8-12-32(13-9-29)50(57)58)44(2)22-21-30(48-66(61,62)34-16-14-33(15-17-34)51(59)60)23-27(44)24-38(41)64-42(53)46-28-6-10-31(11-7-28)49(55)56/h6-17,26-27,30,35-39,41,48H,5,18-25H2,1-4H3,(H,46,53)(H,47,54)/t26-,27+,30-,35-,36+,37+,38-,39+,41+,44+,45-/m1/s1. The van der Waals surface area contributed by atoms with Gasteiger partial charge >= 0.3 is 18.2 Å². The van der Waals surface area contributed by atoms with E-state index in [2.05, 4.69) is 36.1 Å². The lowest BCUT2D eigenvalue weighted by Crippen LogP contribution is -2.64. The number of sulfonamides is 1. The highest BCUT2D eigenvalue weighted by atomic mass is 32.2. The number of benzene rings is 3. The molecule has 0 radical (unpaired) electrons. The summed E-state index contributed by atoms with van der Waals surface area (Å²) in [7, 11) is -2.76. The average Bonchev–Trinajstić information content (AvgIpc) is 3.64. The van der Waals surface area contributed by atoms with Gasteiger partial charge in [-0.3, -0.25) is 45.8 Å². The second kappa shape index (κ2) is 18.9. The number of carbonyl (C=O) groups is 3. The van der Waals surface area contributed by atoms with E-state index in [9.17, 15) is 53.1 Å². The van der Waals surface area contributed by atoms with Crippen LogP contribution in [0.2, 0.25) is 0 Å². The highest BCUT2D eigenvalue weighted by Crippen LogP contribution is 2.69. The molecular weight excluding hydrogens is 881 g/mol. The van der Waals surface area contributed by atoms with Gasteiger partial charge in [-0.1, -0.05) is 20.8 Å². The third kappa shape index (κ3) is 9.67. The molecule has 0 aliphatic heterocycles. The number of carbonyl (C=O) groups excluding carboxylic acids is 3. The second-order valence-corrected chi connectivity index (χ2v) is 20.4. The van der Waals surface area contributed by atoms with E-state index in [1.165, 1.54) is 67.8 Å². The smallest absolute Gasteiger partial charge is 0.411 e. The van der Waals surface area contributed by atoms with E-state index in [4.69, 9.17) is 14.2 Å². The fourth-order valence-electron chi connectivity index (χ4n) is 12.1. The molecule has 0 heterocycles. The number of ether oxygens (including phenoxy) is 3. The molecule has 4 aliphatic carbocycles. The Hall–Kier alpha value is -6.22. The molecule has 3 aromatic rings. The van der Waals surface area contributed by atoms with Crippen molar-refractivity contribution in [2.75, 3.05) is 17.7 Å². The minimum atomic E-state index is -4.10. The van der Waals surface area contributed by atoms with Crippen LogP contribution in [0.15, 0.2) is 77.7 Å². The van der Waals surface area contributed by atoms with Gasteiger partial charge in [-0.05, 0) is 123 Å². The maximum absolute atomic E-state index is 13.9. The van der Waals surface area contributed by atoms with Gasteiger partial charge in [0.25, 0.3) is 17.1 Å². The fraction of sp³-hybridized carbons (Fsp3) is 0.533. The van der Waals surface area contributed by atoms with Crippen molar-refractivity contribution in [3.8, 4) is 0 Å². The van der Waals surface area contributed by atoms with Crippen LogP contribution in [0, 0.1) is 76.7 Å². The van der Waals surface area contributed by atoms with E-state index >= 15 is 0 Å². The fourth-order valence-corrected chi connectivity index (χ4v) is 13.4. The Kier molecular flexibility index (Phi) is 13.7. The summed E-state index contributed by atoms with van der Waals surface area (Å²) in [6.07, 6.45) is 1.36. The normalized spacial score (nSPS) is 29.4. The van der Waals surface area contributed by atoms with Crippen molar-refractivity contribution >= 4 is 56.6 Å². The Labute approximate surface area is 381 Å². The van der Waals surface area contributed by atoms with Gasteiger partial charge in [0.05, 0.1) is 26.8 Å². The van der Waals surface area contributed by atoms with Crippen molar-refractivity contribution in [2.45, 2.75) is 102 Å². The molecule has 21 heteroatoms. The number of rotatable bonds is 14. The average molecular weight is 935 g/mol. The van der Waals surface area contributed by atoms with Crippen molar-refractivity contribution < 1.29 is 51.8 Å². The van der Waals surface area contributed by atoms with Crippen molar-refractivity contribution in [2.24, 2.45) is 46.3 Å². The minimum Gasteiger partial charge on any atom is -0.469 e. The summed E-state index contributed by atoms with van der Waals surface area (Å²) < 4.78 is 48.0. The van der Waals surface area contributed by atoms with Gasteiger partial charge in [0.15, 0.2) is 0 Å². The van der Waals surface area contributed by atoms with Gasteiger partial charge in [-0.25, -0.2) is 22.7 Å². The van der Waals surface area contributed by atoms with Gasteiger partial charge in [-0.15, -0.1) is 0 Å². The first kappa shape index (κ1) is 47.7. The number of nitro groups is 3. The van der Waals surface area contributed by atoms with Crippen LogP contribution in [0.4, 0.5) is 38.0 Å². The quantitative estimate of drug-likeness (QED) is 0.0590. The molecule has 0 spiro atoms. The molecule has 0 bridgehead atoms. The van der Waals surface area contributed by atoms with Crippen molar-refractivity contribution in [3.63, 3.8) is 0 Å². The van der Waals surface area contributed by atoms with E-state index in [-0.39, 0.29) is 75.5 Å². The number of nitrogens with zero attached hydrogens (tertiary/aromatic N) is 3. The maximum atomic E-state index is 13.9. The number of amides is 2. The molecule has 3 aromatic carbocycles. The Morgan fingerprint density at radius 3 is 1.80 bits per heavy atom. The molecule has 3 N–H and O–H groups in total. The summed E-state index contributed by atoms with van der Waals surface area (Å²) >= 11 is 0. The molecule has 4 aliphatic rings. The van der Waals surface area contributed by atoms with Gasteiger partial charge in [0.1, 0.15) is 12.2 Å². The lowest BCUT2D eigenvalue weighted by atomic mass is 9.43. The van der Waals surface area contributed by atoms with Crippen molar-refractivity contribution in [3.05, 3.63) is 103 Å². The zero-order chi connectivity index (χ0) is 47.7. The van der Waals surface area contributed by atoms with E-state index in [1.54, 1.807) is 0 Å². The third-order valence-corrected chi connectivity index (χ3v) is 16.9. The van der Waals surface area contributed by atoms with Crippen LogP contribution in [-0.2, 0) is 29.0 Å². The van der Waals surface area contributed by atoms with E-state index in [0.717, 1.165) is 18.6 Å². The number of fused-ring (bicyclic) bond motifs is 5. The first-order valence-electron chi connectivity index (χ1n) is 22.0. The lowest BCUT2D eigenvalue weighted by molar-refractivity contribution is -0.385. The summed E-state index contributed by atoms with van der Waals surface area (Å²) in [6.45, 7) is 6.35. The first-order valence-corrected chi connectivity index (χ1v) is 23.5. The van der Waals surface area contributed by atoms with Gasteiger partial charge in [-0.2, -0.15) is 0 Å². The summed E-state index contributed by atoms with van der Waals surface area (Å²) in [5, 5.41) is 39.3. The highest BCUT2D eigenvalue weighted by Gasteiger charge is 2.68. The van der Waals surface area contributed by atoms with Crippen LogP contribution in [-0.4, -0.2) is 66.7 Å². The van der Waals surface area contributed by atoms with Gasteiger partial charge in [0, 0.05) is 71.6 Å². The number of nitrogens with one attached hydrogen (secondary N) is 3. The number of methoxy groups -OCH3 is 1. The molecule has 20 nitrogen and oxygen atoms in total. The number of anilines is 2. The molecule has 66 heavy (non-hydrogen) atoms. The van der Waals surface area contributed by atoms with Gasteiger partial charge < -0.3 is 14.2 Å². The Morgan fingerprint density at radius 2 is 1.27 bits per heavy atom. The predicted octanol–water partition coefficient (Wildman–Crippen LogP) is 8.76. The van der Waals surface area contributed by atoms with E-state index < -0.39 is 66.1 Å². The topological polar surface area (TPSA) is 279 Å². The number of hydrogen-bond acceptors (Lipinski definition) is 14. The first-order chi connectivity index (χ1) is 31.2. The minimum absolute atomic E-state index is 0.0181. The van der Waals surface area contributed by atoms with Crippen LogP contribution in [0.1, 0.15) is 78.6 Å². The Balaban J connectivity index is 1.22. The molecule has 2 amide bonds. The Morgan fingerprint density at radius 1 is 0.742 bits per heavy atom. The molecular formula is C45H54N6O14S. The van der Waals surface area contributed by atoms with Crippen LogP contribution >= 0.6 is 0 Å². The number of hydrogen-bond donors (Lipinski definition) is 3. The van der Waals surface area contributed by atoms with Gasteiger partial charge in [0.2, 0.25) is 10.0 Å². The number of non-ortho nitro benzene ring substituents is 3. The predicted molar refractivity (Wildman–Crippen MR) is 238 cm³/mol. The third-order valence-electron chi connectivity index (χ3n) is 15.4. The van der Waals surface area contributed by atoms with Crippen LogP contribution < -0.4 is 15.4 Å². The highest BCUT2D eigenvalue weighted by molar-refractivity contribution is 7.89. The summed E-state index contributed by atoms with van der Waals surface area (Å²) in [5.74, 6) is -1.23. The largest absolute Gasteiger partial charge is 0.469 e. The summed E-state index contributed by atoms with van der Waals surface area (Å²) in [4.78, 5) is 72.2. The lowest BCUT2D eigenvalue weighted by Gasteiger charge is -2.64. The van der Waals surface area contributed by atoms with Crippen molar-refractivity contribution in [1.29, 1.82) is 0 Å². The number of nitro benzene ring substituents is 3. The van der Waals surface area contributed by atoms with Crippen molar-refractivity contribution in [1.82, 2.24) is 4.72 Å². The monoisotopic (exact) mass is 934 g/mol. The summed E-state index contributed by atoms with van der Waals surface area (Å²) in [6, 6.07) is 14.8. The van der Waals surface area contributed by atoms with E-state index in [0.29, 0.717) is 50.6 Å². The molecule has 354 valence electrons. The van der Waals surface area contributed by atoms with E-state index in [1.807, 2.05) is 0 Å². The number of esters is 1. The molecule has 0 aromatic heterocycles. The van der Waals surface area contributed by atoms with Crippen LogP contribution in [0.25, 0.3) is 0 Å². The molecule has 0 unspecified atom stereocenters. The zero-order valence-electron chi connectivity index (χ0n) is 37.0. The molecule has 4 fully saturated rings. The SMILES string of the molecule is COC(=O)CC[C@@H](C)[C@H]1CC[C@H]2[C@@H]3[C@H](OC(=O)Nc4ccc([N+](=O)[O-])cc4)C[C@@H]4C[C@H](NS(=O)(=O)c5ccc([N+](=O)[O-])cc5)CC[C@]4(C)[C@H]3C[C@H](OC(=O)Nc3ccc([N+](=O)[O-])cc3)[C@]12C. The van der Waals surface area contributed by atoms with Crippen LogP contribution in [0.3, 0.4) is 0 Å². The molecule has 7 rings (SSSR count).